The number of benzene rings is 1. The minimum atomic E-state index is -0.544. The minimum Gasteiger partial charge on any atom is -0.431 e. The van der Waals surface area contributed by atoms with Crippen LogP contribution in [0.4, 0.5) is 0 Å². The first-order chi connectivity index (χ1) is 6.24. The van der Waals surface area contributed by atoms with E-state index < -0.39 is 11.7 Å². The van der Waals surface area contributed by atoms with E-state index in [1.165, 1.54) is 0 Å². The Kier molecular flexibility index (Phi) is 3.53. The maximum Gasteiger partial charge on any atom is 0.344 e. The van der Waals surface area contributed by atoms with Gasteiger partial charge in [-0.2, -0.15) is 0 Å². The number of para-hydroxylation sites is 1. The van der Waals surface area contributed by atoms with Crippen LogP contribution in [0.2, 0.25) is 0 Å². The molecule has 70 valence electrons. The quantitative estimate of drug-likeness (QED) is 0.342. The molecule has 1 rings (SSSR count). The molecule has 0 fully saturated rings. The molecule has 0 aliphatic rings. The molecule has 5 nitrogen and oxygen atoms in total. The highest BCUT2D eigenvalue weighted by Crippen LogP contribution is 2.24. The Balaban J connectivity index is 2.69. The topological polar surface area (TPSA) is 78.4 Å². The normalized spacial score (nSPS) is 9.62. The lowest BCUT2D eigenvalue weighted by Gasteiger charge is -2.04. The molecule has 0 radical (unpaired) electrons. The molecule has 0 saturated carbocycles. The summed E-state index contributed by atoms with van der Waals surface area (Å²) in [7, 11) is 0. The van der Waals surface area contributed by atoms with Crippen LogP contribution >= 0.6 is 11.9 Å². The largest absolute Gasteiger partial charge is 0.431 e. The molecule has 0 aliphatic carbocycles. The van der Waals surface area contributed by atoms with E-state index in [1.807, 2.05) is 0 Å². The summed E-state index contributed by atoms with van der Waals surface area (Å²) in [5.74, 6) is 0.437. The van der Waals surface area contributed by atoms with Gasteiger partial charge in [0.15, 0.2) is 0 Å². The molecular weight excluding hydrogens is 192 g/mol. The number of hydrogen-bond donors (Lipinski definition) is 1. The van der Waals surface area contributed by atoms with Gasteiger partial charge in [0, 0.05) is 0 Å². The van der Waals surface area contributed by atoms with Crippen LogP contribution in [0.15, 0.2) is 29.2 Å². The highest BCUT2D eigenvalue weighted by atomic mass is 32.2. The van der Waals surface area contributed by atoms with E-state index in [-0.39, 0.29) is 0 Å². The third kappa shape index (κ3) is 2.92. The minimum absolute atomic E-state index is 0.437. The lowest BCUT2D eigenvalue weighted by Crippen LogP contribution is -2.08. The van der Waals surface area contributed by atoms with Gasteiger partial charge in [0.2, 0.25) is 0 Å². The summed E-state index contributed by atoms with van der Waals surface area (Å²) in [5, 5.41) is 15.3. The van der Waals surface area contributed by atoms with Crippen LogP contribution in [-0.2, 0) is 0 Å². The Hall–Kier alpha value is -1.27. The van der Waals surface area contributed by atoms with Gasteiger partial charge in [-0.3, -0.25) is 15.3 Å². The maximum atomic E-state index is 10.0. The highest BCUT2D eigenvalue weighted by molar-refractivity contribution is 7.97. The van der Waals surface area contributed by atoms with Crippen LogP contribution in [0.5, 0.6) is 5.75 Å². The predicted molar refractivity (Wildman–Crippen MR) is 49.0 cm³/mol. The maximum absolute atomic E-state index is 10.0. The van der Waals surface area contributed by atoms with Crippen molar-refractivity contribution in [3.8, 4) is 5.75 Å². The Morgan fingerprint density at radius 3 is 2.85 bits per heavy atom. The van der Waals surface area contributed by atoms with E-state index >= 15 is 0 Å². The molecule has 2 N–H and O–H groups in total. The number of rotatable bonds is 4. The van der Waals surface area contributed by atoms with Crippen LogP contribution in [0.1, 0.15) is 0 Å². The zero-order chi connectivity index (χ0) is 9.68. The molecular formula is C7H8N2O3S. The van der Waals surface area contributed by atoms with Gasteiger partial charge in [0.25, 0.3) is 0 Å². The van der Waals surface area contributed by atoms with E-state index in [0.717, 1.165) is 11.9 Å². The lowest BCUT2D eigenvalue weighted by atomic mass is 10.3. The second-order valence-corrected chi connectivity index (χ2v) is 2.85. The fourth-order valence-electron chi connectivity index (χ4n) is 0.789. The van der Waals surface area contributed by atoms with Crippen molar-refractivity contribution < 1.29 is 9.66 Å². The smallest absolute Gasteiger partial charge is 0.344 e. The van der Waals surface area contributed by atoms with Crippen molar-refractivity contribution in [1.82, 2.24) is 0 Å². The predicted octanol–water partition coefficient (Wildman–Crippen LogP) is 1.27. The lowest BCUT2D eigenvalue weighted by molar-refractivity contribution is -0.514. The number of hydrogen-bond acceptors (Lipinski definition) is 5. The SMILES string of the molecule is NSc1ccccc1OC[N+](=O)[O-]. The average Bonchev–Trinajstić information content (AvgIpc) is 2.15. The Bertz CT molecular complexity index is 306. The molecule has 1 aromatic carbocycles. The van der Waals surface area contributed by atoms with E-state index in [4.69, 9.17) is 9.88 Å². The van der Waals surface area contributed by atoms with Crippen LogP contribution in [0, 0.1) is 10.1 Å². The van der Waals surface area contributed by atoms with Crippen molar-refractivity contribution >= 4 is 11.9 Å². The number of ether oxygens (including phenoxy) is 1. The van der Waals surface area contributed by atoms with E-state index in [2.05, 4.69) is 0 Å². The number of nitrogens with two attached hydrogens (primary N) is 1. The molecule has 0 aliphatic heterocycles. The first-order valence-electron chi connectivity index (χ1n) is 3.44. The Morgan fingerprint density at radius 1 is 1.54 bits per heavy atom. The Labute approximate surface area is 79.2 Å². The first kappa shape index (κ1) is 9.82. The van der Waals surface area contributed by atoms with Crippen LogP contribution < -0.4 is 9.88 Å². The van der Waals surface area contributed by atoms with Crippen LogP contribution in [-0.4, -0.2) is 11.7 Å². The van der Waals surface area contributed by atoms with Gasteiger partial charge in [-0.05, 0) is 24.1 Å². The van der Waals surface area contributed by atoms with Gasteiger partial charge in [0.05, 0.1) is 9.82 Å². The standard InChI is InChI=1S/C7H8N2O3S/c8-13-7-4-2-1-3-6(7)12-5-9(10)11/h1-4H,5,8H2. The fourth-order valence-corrected chi connectivity index (χ4v) is 1.19. The Morgan fingerprint density at radius 2 is 2.23 bits per heavy atom. The molecule has 0 unspecified atom stereocenters. The van der Waals surface area contributed by atoms with E-state index in [9.17, 15) is 10.1 Å². The summed E-state index contributed by atoms with van der Waals surface area (Å²) < 4.78 is 4.89. The second kappa shape index (κ2) is 4.68. The molecule has 0 saturated heterocycles. The second-order valence-electron chi connectivity index (χ2n) is 2.17. The summed E-state index contributed by atoms with van der Waals surface area (Å²) in [5.41, 5.74) is 0. The molecule has 0 heterocycles. The van der Waals surface area contributed by atoms with Crippen molar-refractivity contribution in [1.29, 1.82) is 0 Å². The fraction of sp³-hybridized carbons (Fsp3) is 0.143. The average molecular weight is 200 g/mol. The van der Waals surface area contributed by atoms with Gasteiger partial charge in [-0.15, -0.1) is 0 Å². The van der Waals surface area contributed by atoms with Crippen LogP contribution in [0.3, 0.4) is 0 Å². The third-order valence-electron chi connectivity index (χ3n) is 1.30. The van der Waals surface area contributed by atoms with Gasteiger partial charge in [0.1, 0.15) is 5.75 Å². The third-order valence-corrected chi connectivity index (χ3v) is 1.89. The summed E-state index contributed by atoms with van der Waals surface area (Å²) in [4.78, 5) is 10.2. The number of nitrogens with zero attached hydrogens (tertiary/aromatic N) is 1. The van der Waals surface area contributed by atoms with Gasteiger partial charge >= 0.3 is 6.73 Å². The summed E-state index contributed by atoms with van der Waals surface area (Å²) in [6, 6.07) is 6.89. The van der Waals surface area contributed by atoms with E-state index in [0.29, 0.717) is 10.6 Å². The van der Waals surface area contributed by atoms with Gasteiger partial charge < -0.3 is 4.74 Å². The van der Waals surface area contributed by atoms with Crippen molar-refractivity contribution in [3.63, 3.8) is 0 Å². The zero-order valence-electron chi connectivity index (χ0n) is 6.67. The molecule has 0 amide bonds. The summed E-state index contributed by atoms with van der Waals surface area (Å²) >= 11 is 0.999. The van der Waals surface area contributed by atoms with Crippen LogP contribution in [0.25, 0.3) is 0 Å². The van der Waals surface area contributed by atoms with Crippen molar-refractivity contribution in [2.75, 3.05) is 6.73 Å². The molecule has 0 atom stereocenters. The molecule has 1 aromatic rings. The molecule has 6 heteroatoms. The summed E-state index contributed by atoms with van der Waals surface area (Å²) in [6.45, 7) is -0.544. The molecule has 0 spiro atoms. The molecule has 13 heavy (non-hydrogen) atoms. The number of nitro groups is 1. The van der Waals surface area contributed by atoms with Crippen molar-refractivity contribution in [3.05, 3.63) is 34.4 Å². The van der Waals surface area contributed by atoms with Crippen molar-refractivity contribution in [2.45, 2.75) is 4.90 Å². The first-order valence-corrected chi connectivity index (χ1v) is 4.32. The molecule has 0 bridgehead atoms. The highest BCUT2D eigenvalue weighted by Gasteiger charge is 2.04. The van der Waals surface area contributed by atoms with Crippen molar-refractivity contribution in [2.24, 2.45) is 5.14 Å². The van der Waals surface area contributed by atoms with Gasteiger partial charge in [-0.25, -0.2) is 0 Å². The molecule has 0 aromatic heterocycles. The van der Waals surface area contributed by atoms with Gasteiger partial charge in [-0.1, -0.05) is 12.1 Å². The van der Waals surface area contributed by atoms with E-state index in [1.54, 1.807) is 24.3 Å². The zero-order valence-corrected chi connectivity index (χ0v) is 7.49. The summed E-state index contributed by atoms with van der Waals surface area (Å²) in [6.07, 6.45) is 0. The monoisotopic (exact) mass is 200 g/mol.